The Morgan fingerprint density at radius 3 is 2.94 bits per heavy atom. The van der Waals surface area contributed by atoms with Gasteiger partial charge in [-0.1, -0.05) is 17.8 Å². The van der Waals surface area contributed by atoms with Crippen LogP contribution in [0.2, 0.25) is 0 Å². The van der Waals surface area contributed by atoms with Crippen molar-refractivity contribution < 1.29 is 28.7 Å². The lowest BCUT2D eigenvalue weighted by Gasteiger charge is -2.50. The van der Waals surface area contributed by atoms with Gasteiger partial charge in [0.15, 0.2) is 10.8 Å². The number of aromatic nitrogens is 1. The number of thiazole rings is 1. The standard InChI is InChI=1S/C17H19N5O6S3/c1-26-21-10(9-5-31-17(18)19-9)13(23)20-11-14(24)22-12(16(25)29)7(4-30-15(11)22)2-8-3-27-6-28-8/h5,8,11,15H,2-4,6H2,1H3,(H2,18,19)(H,20,23)(H,25,29)/b21-10+/t8?,11?,15-/m1/s1. The topological polar surface area (TPSA) is 145 Å². The minimum atomic E-state index is -0.828. The molecule has 11 nitrogen and oxygen atoms in total. The van der Waals surface area contributed by atoms with Crippen molar-refractivity contribution >= 4 is 63.5 Å². The number of thioether (sulfide) groups is 1. The third-order valence-electron chi connectivity index (χ3n) is 4.86. The summed E-state index contributed by atoms with van der Waals surface area (Å²) in [7, 11) is 1.30. The second-order valence-corrected chi connectivity index (χ2v) is 9.19. The highest BCUT2D eigenvalue weighted by atomic mass is 32.2. The number of ether oxygens (including phenoxy) is 2. The molecule has 0 saturated carbocycles. The molecule has 0 bridgehead atoms. The summed E-state index contributed by atoms with van der Waals surface area (Å²) < 4.78 is 10.7. The normalized spacial score (nSPS) is 25.9. The highest BCUT2D eigenvalue weighted by Crippen LogP contribution is 2.42. The van der Waals surface area contributed by atoms with Crippen LogP contribution in [-0.2, 0) is 28.7 Å². The van der Waals surface area contributed by atoms with Crippen LogP contribution in [0.4, 0.5) is 5.13 Å². The van der Waals surface area contributed by atoms with Gasteiger partial charge in [-0.3, -0.25) is 19.3 Å². The van der Waals surface area contributed by atoms with Gasteiger partial charge in [0, 0.05) is 17.6 Å². The number of fused-ring (bicyclic) bond motifs is 1. The predicted octanol–water partition coefficient (Wildman–Crippen LogP) is -0.0508. The molecule has 2 amide bonds. The van der Waals surface area contributed by atoms with Crippen molar-refractivity contribution in [3.8, 4) is 0 Å². The summed E-state index contributed by atoms with van der Waals surface area (Å²) in [5, 5.41) is 7.29. The Kier molecular flexibility index (Phi) is 6.52. The van der Waals surface area contributed by atoms with E-state index in [1.807, 2.05) is 0 Å². The summed E-state index contributed by atoms with van der Waals surface area (Å²) in [4.78, 5) is 48.0. The molecular weight excluding hydrogens is 466 g/mol. The average Bonchev–Trinajstić information content (AvgIpc) is 3.41. The Hall–Kier alpha value is -2.13. The molecule has 3 atom stereocenters. The number of nitrogen functional groups attached to an aromatic ring is 1. The van der Waals surface area contributed by atoms with Crippen LogP contribution < -0.4 is 11.1 Å². The molecular formula is C17H19N5O6S3. The molecule has 0 aromatic carbocycles. The number of oxime groups is 1. The fraction of sp³-hybridized carbons (Fsp3) is 0.471. The van der Waals surface area contributed by atoms with E-state index in [0.29, 0.717) is 18.8 Å². The second kappa shape index (κ2) is 9.16. The molecule has 4 rings (SSSR count). The number of amides is 2. The number of β-lactam (4-membered cyclic amide) rings is 1. The molecule has 3 aliphatic heterocycles. The number of thiol groups is 1. The Bertz CT molecular complexity index is 973. The van der Waals surface area contributed by atoms with Crippen molar-refractivity contribution in [1.82, 2.24) is 15.2 Å². The van der Waals surface area contributed by atoms with Crippen molar-refractivity contribution in [1.29, 1.82) is 0 Å². The molecule has 2 unspecified atom stereocenters. The summed E-state index contributed by atoms with van der Waals surface area (Å²) in [6, 6.07) is -0.828. The highest BCUT2D eigenvalue weighted by molar-refractivity contribution is 8.00. The largest absolute Gasteiger partial charge is 0.398 e. The van der Waals surface area contributed by atoms with Crippen LogP contribution in [0.1, 0.15) is 12.1 Å². The van der Waals surface area contributed by atoms with Crippen LogP contribution in [0.3, 0.4) is 0 Å². The average molecular weight is 486 g/mol. The van der Waals surface area contributed by atoms with Gasteiger partial charge < -0.3 is 25.4 Å². The van der Waals surface area contributed by atoms with E-state index in [9.17, 15) is 14.4 Å². The first kappa shape index (κ1) is 22.1. The minimum Gasteiger partial charge on any atom is -0.398 e. The molecule has 1 aromatic rings. The number of hydrogen-bond acceptors (Lipinski definition) is 11. The van der Waals surface area contributed by atoms with E-state index in [1.54, 1.807) is 5.38 Å². The molecule has 14 heteroatoms. The Labute approximate surface area is 190 Å². The van der Waals surface area contributed by atoms with Crippen LogP contribution in [0.5, 0.6) is 0 Å². The third kappa shape index (κ3) is 4.30. The van der Waals surface area contributed by atoms with E-state index in [0.717, 1.165) is 16.9 Å². The molecule has 3 aliphatic rings. The molecule has 3 N–H and O–H groups in total. The number of nitrogens with two attached hydrogens (primary N) is 1. The van der Waals surface area contributed by atoms with Crippen molar-refractivity contribution in [2.75, 3.05) is 32.0 Å². The van der Waals surface area contributed by atoms with Crippen LogP contribution in [0.25, 0.3) is 0 Å². The van der Waals surface area contributed by atoms with Gasteiger partial charge in [-0.05, 0) is 5.57 Å². The summed E-state index contributed by atoms with van der Waals surface area (Å²) in [5.41, 5.74) is 6.80. The van der Waals surface area contributed by atoms with Gasteiger partial charge in [-0.2, -0.15) is 0 Å². The third-order valence-corrected chi connectivity index (χ3v) is 7.09. The maximum Gasteiger partial charge on any atom is 0.276 e. The Morgan fingerprint density at radius 1 is 1.52 bits per heavy atom. The zero-order valence-corrected chi connectivity index (χ0v) is 18.8. The van der Waals surface area contributed by atoms with E-state index >= 15 is 0 Å². The molecule has 166 valence electrons. The fourth-order valence-electron chi connectivity index (χ4n) is 3.51. The van der Waals surface area contributed by atoms with Crippen LogP contribution in [0.15, 0.2) is 21.8 Å². The number of nitrogens with zero attached hydrogens (tertiary/aromatic N) is 3. The molecule has 0 spiro atoms. The zero-order chi connectivity index (χ0) is 22.1. The fourth-order valence-corrected chi connectivity index (χ4v) is 5.68. The van der Waals surface area contributed by atoms with Crippen molar-refractivity contribution in [2.24, 2.45) is 5.16 Å². The predicted molar refractivity (Wildman–Crippen MR) is 116 cm³/mol. The second-order valence-electron chi connectivity index (χ2n) is 6.79. The smallest absolute Gasteiger partial charge is 0.276 e. The lowest BCUT2D eigenvalue weighted by atomic mass is 10.0. The first-order valence-electron chi connectivity index (χ1n) is 9.13. The van der Waals surface area contributed by atoms with Crippen molar-refractivity contribution in [3.05, 3.63) is 22.3 Å². The van der Waals surface area contributed by atoms with Crippen LogP contribution in [0, 0.1) is 0 Å². The number of hydrogen-bond donors (Lipinski definition) is 3. The van der Waals surface area contributed by atoms with Gasteiger partial charge in [0.1, 0.15) is 31.0 Å². The molecule has 2 saturated heterocycles. The number of nitrogens with one attached hydrogen (secondary N) is 1. The molecule has 31 heavy (non-hydrogen) atoms. The number of anilines is 1. The maximum absolute atomic E-state index is 12.9. The highest BCUT2D eigenvalue weighted by Gasteiger charge is 2.54. The number of carbonyl (C=O) groups excluding carboxylic acids is 3. The van der Waals surface area contributed by atoms with Gasteiger partial charge in [0.2, 0.25) is 5.12 Å². The zero-order valence-electron chi connectivity index (χ0n) is 16.3. The van der Waals surface area contributed by atoms with Crippen LogP contribution >= 0.6 is 35.7 Å². The number of carbonyl (C=O) groups is 3. The lowest BCUT2D eigenvalue weighted by Crippen LogP contribution is -2.71. The van der Waals surface area contributed by atoms with E-state index in [2.05, 4.69) is 28.1 Å². The Balaban J connectivity index is 1.50. The van der Waals surface area contributed by atoms with Gasteiger partial charge in [0.25, 0.3) is 11.8 Å². The quantitative estimate of drug-likeness (QED) is 0.209. The molecule has 0 aliphatic carbocycles. The monoisotopic (exact) mass is 485 g/mol. The van der Waals surface area contributed by atoms with E-state index in [1.165, 1.54) is 23.8 Å². The minimum absolute atomic E-state index is 0.0948. The van der Waals surface area contributed by atoms with Crippen molar-refractivity contribution in [3.63, 3.8) is 0 Å². The van der Waals surface area contributed by atoms with Gasteiger partial charge in [-0.15, -0.1) is 23.1 Å². The molecule has 2 fully saturated rings. The van der Waals surface area contributed by atoms with Gasteiger partial charge in [0.05, 0.1) is 18.4 Å². The number of rotatable bonds is 7. The molecule has 0 radical (unpaired) electrons. The summed E-state index contributed by atoms with van der Waals surface area (Å²) in [5.74, 6) is -0.529. The summed E-state index contributed by atoms with van der Waals surface area (Å²) in [6.45, 7) is 0.644. The Morgan fingerprint density at radius 2 is 2.32 bits per heavy atom. The van der Waals surface area contributed by atoms with Crippen molar-refractivity contribution in [2.45, 2.75) is 23.9 Å². The summed E-state index contributed by atoms with van der Waals surface area (Å²) >= 11 is 6.57. The van der Waals surface area contributed by atoms with Gasteiger partial charge in [-0.25, -0.2) is 4.98 Å². The maximum atomic E-state index is 12.9. The van der Waals surface area contributed by atoms with Gasteiger partial charge >= 0.3 is 0 Å². The summed E-state index contributed by atoms with van der Waals surface area (Å²) in [6.07, 6.45) is 0.304. The lowest BCUT2D eigenvalue weighted by molar-refractivity contribution is -0.146. The van der Waals surface area contributed by atoms with E-state index in [4.69, 9.17) is 20.0 Å². The molecule has 4 heterocycles. The van der Waals surface area contributed by atoms with E-state index < -0.39 is 28.3 Å². The molecule has 1 aromatic heterocycles. The SMILES string of the molecule is CO/N=C(/C(=O)NC1C(=O)N2C(C(=O)S)=C(CC3COCO3)CS[C@H]12)c1csc(N)n1. The van der Waals surface area contributed by atoms with Crippen LogP contribution in [-0.4, -0.2) is 76.3 Å². The van der Waals surface area contributed by atoms with E-state index in [-0.39, 0.29) is 35.1 Å². The first-order chi connectivity index (χ1) is 14.9. The first-order valence-corrected chi connectivity index (χ1v) is 11.5.